The zero-order valence-corrected chi connectivity index (χ0v) is 12.5. The van der Waals surface area contributed by atoms with Crippen LogP contribution >= 0.6 is 0 Å². The van der Waals surface area contributed by atoms with E-state index in [0.29, 0.717) is 0 Å². The van der Waals surface area contributed by atoms with E-state index in [-0.39, 0.29) is 12.1 Å². The quantitative estimate of drug-likeness (QED) is 0.410. The first kappa shape index (κ1) is 16.4. The van der Waals surface area contributed by atoms with Crippen molar-refractivity contribution in [3.63, 3.8) is 0 Å². The summed E-state index contributed by atoms with van der Waals surface area (Å²) in [5.74, 6) is -0.314. The molecule has 0 saturated heterocycles. The number of carbonyl (C=O) groups excluding carboxylic acids is 1. The molecule has 0 amide bonds. The number of ether oxygens (including phenoxy) is 2. The second kappa shape index (κ2) is 9.32. The van der Waals surface area contributed by atoms with E-state index < -0.39 is 6.29 Å². The van der Waals surface area contributed by atoms with Crippen molar-refractivity contribution in [2.45, 2.75) is 52.4 Å². The summed E-state index contributed by atoms with van der Waals surface area (Å²) >= 11 is 0. The summed E-state index contributed by atoms with van der Waals surface area (Å²) in [6.45, 7) is 5.14. The van der Waals surface area contributed by atoms with Crippen molar-refractivity contribution in [3.8, 4) is 0 Å². The monoisotopic (exact) mass is 276 g/mol. The van der Waals surface area contributed by atoms with Gasteiger partial charge in [-0.05, 0) is 38.7 Å². The summed E-state index contributed by atoms with van der Waals surface area (Å²) in [5.41, 5.74) is 1.29. The summed E-state index contributed by atoms with van der Waals surface area (Å²) in [5, 5.41) is 0. The lowest BCUT2D eigenvalue weighted by Crippen LogP contribution is -2.24. The summed E-state index contributed by atoms with van der Waals surface area (Å²) < 4.78 is 10.8. The number of benzene rings is 1. The zero-order chi connectivity index (χ0) is 14.8. The van der Waals surface area contributed by atoms with Gasteiger partial charge in [0.2, 0.25) is 0 Å². The predicted molar refractivity (Wildman–Crippen MR) is 80.3 cm³/mol. The lowest BCUT2D eigenvalue weighted by molar-refractivity contribution is -0.182. The molecule has 0 N–H and O–H groups in total. The Balaban J connectivity index is 2.48. The van der Waals surface area contributed by atoms with Gasteiger partial charge in [0, 0.05) is 6.92 Å². The van der Waals surface area contributed by atoms with Crippen LogP contribution in [-0.2, 0) is 20.7 Å². The van der Waals surface area contributed by atoms with Gasteiger partial charge in [-0.15, -0.1) is 0 Å². The van der Waals surface area contributed by atoms with Crippen LogP contribution in [0.5, 0.6) is 0 Å². The van der Waals surface area contributed by atoms with E-state index >= 15 is 0 Å². The molecule has 1 rings (SSSR count). The fraction of sp³-hybridized carbons (Fsp3) is 0.471. The Bertz CT molecular complexity index is 412. The molecule has 0 heterocycles. The molecule has 1 aromatic rings. The first-order valence-electron chi connectivity index (χ1n) is 7.09. The van der Waals surface area contributed by atoms with Crippen LogP contribution in [0.25, 0.3) is 0 Å². The third-order valence-electron chi connectivity index (χ3n) is 2.95. The van der Waals surface area contributed by atoms with Gasteiger partial charge in [0.15, 0.2) is 6.29 Å². The lowest BCUT2D eigenvalue weighted by atomic mass is 10.0. The highest BCUT2D eigenvalue weighted by Crippen LogP contribution is 2.13. The highest BCUT2D eigenvalue weighted by atomic mass is 16.7. The predicted octanol–water partition coefficient (Wildman–Crippen LogP) is 3.88. The molecule has 0 saturated carbocycles. The zero-order valence-electron chi connectivity index (χ0n) is 12.5. The molecule has 0 aromatic heterocycles. The SMILES string of the molecule is C/C=C\CC(CCc1ccccc1)OC(C)OC(C)=O. The minimum Gasteiger partial charge on any atom is -0.436 e. The van der Waals surface area contributed by atoms with Crippen molar-refractivity contribution in [1.29, 1.82) is 0 Å². The Morgan fingerprint density at radius 1 is 1.30 bits per heavy atom. The second-order valence-corrected chi connectivity index (χ2v) is 4.76. The Labute approximate surface area is 121 Å². The molecule has 0 radical (unpaired) electrons. The normalized spacial score (nSPS) is 14.2. The lowest BCUT2D eigenvalue weighted by Gasteiger charge is -2.21. The van der Waals surface area contributed by atoms with E-state index in [9.17, 15) is 4.79 Å². The largest absolute Gasteiger partial charge is 0.436 e. The molecule has 110 valence electrons. The average molecular weight is 276 g/mol. The van der Waals surface area contributed by atoms with Crippen molar-refractivity contribution >= 4 is 5.97 Å². The maximum atomic E-state index is 10.9. The summed E-state index contributed by atoms with van der Waals surface area (Å²) in [6, 6.07) is 10.3. The molecule has 0 spiro atoms. The van der Waals surface area contributed by atoms with E-state index in [1.165, 1.54) is 12.5 Å². The van der Waals surface area contributed by atoms with Crippen molar-refractivity contribution in [3.05, 3.63) is 48.0 Å². The Hall–Kier alpha value is -1.61. The van der Waals surface area contributed by atoms with Crippen LogP contribution in [0.4, 0.5) is 0 Å². The average Bonchev–Trinajstić information content (AvgIpc) is 2.42. The van der Waals surface area contributed by atoms with Gasteiger partial charge in [-0.1, -0.05) is 42.5 Å². The third-order valence-corrected chi connectivity index (χ3v) is 2.95. The molecule has 1 aromatic carbocycles. The molecule has 0 aliphatic rings. The van der Waals surface area contributed by atoms with Crippen LogP contribution in [0, 0.1) is 0 Å². The van der Waals surface area contributed by atoms with E-state index in [0.717, 1.165) is 19.3 Å². The fourth-order valence-electron chi connectivity index (χ4n) is 2.03. The van der Waals surface area contributed by atoms with Crippen molar-refractivity contribution < 1.29 is 14.3 Å². The molecule has 0 aliphatic carbocycles. The number of allylic oxidation sites excluding steroid dienone is 1. The fourth-order valence-corrected chi connectivity index (χ4v) is 2.03. The molecule has 0 bridgehead atoms. The smallest absolute Gasteiger partial charge is 0.304 e. The molecule has 0 fully saturated rings. The highest BCUT2D eigenvalue weighted by molar-refractivity contribution is 5.65. The minimum absolute atomic E-state index is 0.0563. The number of hydrogen-bond donors (Lipinski definition) is 0. The molecular formula is C17H24O3. The number of rotatable bonds is 8. The minimum atomic E-state index is -0.501. The Kier molecular flexibility index (Phi) is 7.66. The third kappa shape index (κ3) is 7.10. The first-order valence-corrected chi connectivity index (χ1v) is 7.09. The van der Waals surface area contributed by atoms with Gasteiger partial charge < -0.3 is 9.47 Å². The maximum Gasteiger partial charge on any atom is 0.304 e. The number of hydrogen-bond acceptors (Lipinski definition) is 3. The molecule has 20 heavy (non-hydrogen) atoms. The van der Waals surface area contributed by atoms with Crippen molar-refractivity contribution in [1.82, 2.24) is 0 Å². The number of aryl methyl sites for hydroxylation is 1. The summed E-state index contributed by atoms with van der Waals surface area (Å²) in [4.78, 5) is 10.9. The molecular weight excluding hydrogens is 252 g/mol. The van der Waals surface area contributed by atoms with E-state index in [4.69, 9.17) is 9.47 Å². The molecule has 2 atom stereocenters. The Morgan fingerprint density at radius 3 is 2.60 bits per heavy atom. The van der Waals surface area contributed by atoms with Crippen LogP contribution in [0.15, 0.2) is 42.5 Å². The maximum absolute atomic E-state index is 10.9. The van der Waals surface area contributed by atoms with Gasteiger partial charge in [-0.2, -0.15) is 0 Å². The summed E-state index contributed by atoms with van der Waals surface area (Å²) in [6.07, 6.45) is 6.33. The first-order chi connectivity index (χ1) is 9.61. The number of carbonyl (C=O) groups is 1. The molecule has 0 aliphatic heterocycles. The molecule has 3 nitrogen and oxygen atoms in total. The Morgan fingerprint density at radius 2 is 2.00 bits per heavy atom. The van der Waals surface area contributed by atoms with Crippen LogP contribution in [-0.4, -0.2) is 18.4 Å². The van der Waals surface area contributed by atoms with Crippen LogP contribution < -0.4 is 0 Å². The van der Waals surface area contributed by atoms with Crippen LogP contribution in [0.1, 0.15) is 39.2 Å². The van der Waals surface area contributed by atoms with Gasteiger partial charge in [-0.3, -0.25) is 4.79 Å². The van der Waals surface area contributed by atoms with Gasteiger partial charge in [-0.25, -0.2) is 0 Å². The van der Waals surface area contributed by atoms with Crippen molar-refractivity contribution in [2.24, 2.45) is 0 Å². The van der Waals surface area contributed by atoms with E-state index in [1.54, 1.807) is 6.92 Å². The molecule has 2 unspecified atom stereocenters. The van der Waals surface area contributed by atoms with Gasteiger partial charge in [0.1, 0.15) is 0 Å². The topological polar surface area (TPSA) is 35.5 Å². The second-order valence-electron chi connectivity index (χ2n) is 4.76. The van der Waals surface area contributed by atoms with Crippen LogP contribution in [0.2, 0.25) is 0 Å². The number of esters is 1. The van der Waals surface area contributed by atoms with E-state index in [2.05, 4.69) is 18.2 Å². The highest BCUT2D eigenvalue weighted by Gasteiger charge is 2.14. The van der Waals surface area contributed by atoms with Gasteiger partial charge in [0.05, 0.1) is 6.10 Å². The van der Waals surface area contributed by atoms with Crippen molar-refractivity contribution in [2.75, 3.05) is 0 Å². The molecule has 3 heteroatoms. The van der Waals surface area contributed by atoms with Crippen LogP contribution in [0.3, 0.4) is 0 Å². The standard InChI is InChI=1S/C17H24O3/c1-4-5-11-17(20-15(3)19-14(2)18)13-12-16-9-7-6-8-10-16/h4-10,15,17H,11-13H2,1-3H3/b5-4-. The van der Waals surface area contributed by atoms with Gasteiger partial charge in [0.25, 0.3) is 0 Å². The summed E-state index contributed by atoms with van der Waals surface area (Å²) in [7, 11) is 0. The van der Waals surface area contributed by atoms with E-state index in [1.807, 2.05) is 31.2 Å². The van der Waals surface area contributed by atoms with Gasteiger partial charge >= 0.3 is 5.97 Å².